The van der Waals surface area contributed by atoms with Gasteiger partial charge in [0.1, 0.15) is 6.10 Å². The Balaban J connectivity index is 2.28. The Kier molecular flexibility index (Phi) is 2.83. The highest BCUT2D eigenvalue weighted by atomic mass is 79.9. The van der Waals surface area contributed by atoms with E-state index in [2.05, 4.69) is 15.9 Å². The van der Waals surface area contributed by atoms with Crippen molar-refractivity contribution in [2.45, 2.75) is 6.10 Å². The molecule has 1 atom stereocenters. The summed E-state index contributed by atoms with van der Waals surface area (Å²) in [7, 11) is 0. The molecule has 0 aromatic carbocycles. The second kappa shape index (κ2) is 3.92. The van der Waals surface area contributed by atoms with E-state index in [0.717, 1.165) is 14.9 Å². The maximum absolute atomic E-state index is 9.89. The Hall–Kier alpha value is -0.160. The van der Waals surface area contributed by atoms with Gasteiger partial charge in [-0.3, -0.25) is 0 Å². The summed E-state index contributed by atoms with van der Waals surface area (Å²) in [6, 6.07) is 3.90. The lowest BCUT2D eigenvalue weighted by Gasteiger charge is -2.04. The summed E-state index contributed by atoms with van der Waals surface area (Å²) in [5.41, 5.74) is 1.92. The van der Waals surface area contributed by atoms with Gasteiger partial charge in [-0.15, -0.1) is 11.3 Å². The average Bonchev–Trinajstić information content (AvgIpc) is 2.72. The summed E-state index contributed by atoms with van der Waals surface area (Å²) in [6.07, 6.45) is -0.478. The van der Waals surface area contributed by atoms with Gasteiger partial charge in [0.25, 0.3) is 0 Å². The van der Waals surface area contributed by atoms with Crippen LogP contribution in [0.3, 0.4) is 0 Å². The molecule has 0 saturated carbocycles. The zero-order valence-corrected chi connectivity index (χ0v) is 9.82. The number of halogens is 1. The third-order valence-corrected chi connectivity index (χ3v) is 3.99. The maximum atomic E-state index is 9.89. The van der Waals surface area contributed by atoms with Crippen LogP contribution < -0.4 is 0 Å². The van der Waals surface area contributed by atoms with Crippen molar-refractivity contribution in [3.8, 4) is 0 Å². The molecule has 4 heteroatoms. The van der Waals surface area contributed by atoms with Gasteiger partial charge in [-0.2, -0.15) is 11.3 Å². The standard InChI is InChI=1S/C9H7BrOS2/c10-8-3-7(5-13-8)9(11)6-1-2-12-4-6/h1-5,9,11H. The van der Waals surface area contributed by atoms with Crippen molar-refractivity contribution < 1.29 is 5.11 Å². The van der Waals surface area contributed by atoms with E-state index in [1.54, 1.807) is 22.7 Å². The van der Waals surface area contributed by atoms with Crippen LogP contribution in [0.4, 0.5) is 0 Å². The van der Waals surface area contributed by atoms with Crippen LogP contribution in [0.5, 0.6) is 0 Å². The zero-order chi connectivity index (χ0) is 9.26. The molecule has 1 unspecified atom stereocenters. The molecule has 0 amide bonds. The number of thiophene rings is 2. The molecular weight excluding hydrogens is 268 g/mol. The fourth-order valence-corrected chi connectivity index (χ4v) is 2.96. The van der Waals surface area contributed by atoms with Crippen molar-refractivity contribution in [2.24, 2.45) is 0 Å². The van der Waals surface area contributed by atoms with Crippen LogP contribution in [-0.4, -0.2) is 5.11 Å². The molecule has 0 aliphatic heterocycles. The van der Waals surface area contributed by atoms with E-state index in [1.807, 2.05) is 28.3 Å². The maximum Gasteiger partial charge on any atom is 0.106 e. The van der Waals surface area contributed by atoms with E-state index >= 15 is 0 Å². The van der Waals surface area contributed by atoms with Gasteiger partial charge in [0.15, 0.2) is 0 Å². The van der Waals surface area contributed by atoms with E-state index in [1.165, 1.54) is 0 Å². The highest BCUT2D eigenvalue weighted by Crippen LogP contribution is 2.29. The molecule has 0 bridgehead atoms. The molecule has 2 heterocycles. The molecule has 0 saturated heterocycles. The molecule has 13 heavy (non-hydrogen) atoms. The number of hydrogen-bond acceptors (Lipinski definition) is 3. The van der Waals surface area contributed by atoms with E-state index in [4.69, 9.17) is 0 Å². The largest absolute Gasteiger partial charge is 0.384 e. The lowest BCUT2D eigenvalue weighted by Crippen LogP contribution is -1.94. The Morgan fingerprint density at radius 2 is 2.15 bits per heavy atom. The first-order chi connectivity index (χ1) is 6.27. The van der Waals surface area contributed by atoms with E-state index in [9.17, 15) is 5.11 Å². The molecule has 2 rings (SSSR count). The van der Waals surface area contributed by atoms with Gasteiger partial charge in [0, 0.05) is 0 Å². The van der Waals surface area contributed by atoms with Gasteiger partial charge in [-0.05, 0) is 55.3 Å². The Bertz CT molecular complexity index is 380. The van der Waals surface area contributed by atoms with Crippen molar-refractivity contribution in [2.75, 3.05) is 0 Å². The van der Waals surface area contributed by atoms with Crippen molar-refractivity contribution in [3.63, 3.8) is 0 Å². The molecule has 2 aromatic heterocycles. The Morgan fingerprint density at radius 1 is 1.31 bits per heavy atom. The molecule has 0 spiro atoms. The Morgan fingerprint density at radius 3 is 2.69 bits per heavy atom. The van der Waals surface area contributed by atoms with Crippen LogP contribution >= 0.6 is 38.6 Å². The molecule has 0 aliphatic rings. The predicted molar refractivity (Wildman–Crippen MR) is 60.4 cm³/mol. The monoisotopic (exact) mass is 274 g/mol. The summed E-state index contributed by atoms with van der Waals surface area (Å²) in [5, 5.41) is 15.8. The number of rotatable bonds is 2. The van der Waals surface area contributed by atoms with Crippen molar-refractivity contribution in [1.82, 2.24) is 0 Å². The van der Waals surface area contributed by atoms with Crippen molar-refractivity contribution >= 4 is 38.6 Å². The van der Waals surface area contributed by atoms with E-state index in [-0.39, 0.29) is 0 Å². The minimum Gasteiger partial charge on any atom is -0.384 e. The third kappa shape index (κ3) is 2.02. The number of aliphatic hydroxyl groups excluding tert-OH is 1. The average molecular weight is 275 g/mol. The normalized spacial score (nSPS) is 13.1. The van der Waals surface area contributed by atoms with Crippen LogP contribution in [0, 0.1) is 0 Å². The topological polar surface area (TPSA) is 20.2 Å². The fourth-order valence-electron chi connectivity index (χ4n) is 1.09. The van der Waals surface area contributed by atoms with Gasteiger partial charge >= 0.3 is 0 Å². The summed E-state index contributed by atoms with van der Waals surface area (Å²) in [5.74, 6) is 0. The second-order valence-electron chi connectivity index (χ2n) is 2.64. The molecular formula is C9H7BrOS2. The summed E-state index contributed by atoms with van der Waals surface area (Å²) < 4.78 is 1.05. The lowest BCUT2D eigenvalue weighted by molar-refractivity contribution is 0.221. The Labute approximate surface area is 92.8 Å². The van der Waals surface area contributed by atoms with Gasteiger partial charge in [-0.1, -0.05) is 0 Å². The smallest absolute Gasteiger partial charge is 0.106 e. The molecule has 2 aromatic rings. The minimum absolute atomic E-state index is 0.478. The van der Waals surface area contributed by atoms with E-state index < -0.39 is 6.10 Å². The highest BCUT2D eigenvalue weighted by molar-refractivity contribution is 9.11. The number of aliphatic hydroxyl groups is 1. The highest BCUT2D eigenvalue weighted by Gasteiger charge is 2.11. The van der Waals surface area contributed by atoms with Gasteiger partial charge in [0.2, 0.25) is 0 Å². The van der Waals surface area contributed by atoms with Gasteiger partial charge < -0.3 is 5.11 Å². The molecule has 1 nitrogen and oxygen atoms in total. The number of hydrogen-bond donors (Lipinski definition) is 1. The van der Waals surface area contributed by atoms with Crippen LogP contribution in [0.2, 0.25) is 0 Å². The van der Waals surface area contributed by atoms with Crippen LogP contribution in [-0.2, 0) is 0 Å². The van der Waals surface area contributed by atoms with Crippen LogP contribution in [0.15, 0.2) is 32.1 Å². The summed E-state index contributed by atoms with van der Waals surface area (Å²) in [4.78, 5) is 0. The van der Waals surface area contributed by atoms with Gasteiger partial charge in [0.05, 0.1) is 3.79 Å². The minimum atomic E-state index is -0.478. The van der Waals surface area contributed by atoms with E-state index in [0.29, 0.717) is 0 Å². The van der Waals surface area contributed by atoms with Gasteiger partial charge in [-0.25, -0.2) is 0 Å². The van der Waals surface area contributed by atoms with Crippen molar-refractivity contribution in [3.05, 3.63) is 43.2 Å². The van der Waals surface area contributed by atoms with Crippen LogP contribution in [0.1, 0.15) is 17.2 Å². The first kappa shape index (κ1) is 9.40. The quantitative estimate of drug-likeness (QED) is 0.887. The second-order valence-corrected chi connectivity index (χ2v) is 5.71. The molecule has 0 aliphatic carbocycles. The summed E-state index contributed by atoms with van der Waals surface area (Å²) >= 11 is 6.56. The molecule has 1 N–H and O–H groups in total. The first-order valence-electron chi connectivity index (χ1n) is 3.71. The summed E-state index contributed by atoms with van der Waals surface area (Å²) in [6.45, 7) is 0. The van der Waals surface area contributed by atoms with Crippen molar-refractivity contribution in [1.29, 1.82) is 0 Å². The SMILES string of the molecule is OC(c1ccsc1)c1csc(Br)c1. The molecule has 0 fully saturated rings. The third-order valence-electron chi connectivity index (χ3n) is 1.76. The molecule has 68 valence electrons. The van der Waals surface area contributed by atoms with Crippen LogP contribution in [0.25, 0.3) is 0 Å². The lowest BCUT2D eigenvalue weighted by atomic mass is 10.1. The predicted octanol–water partition coefficient (Wildman–Crippen LogP) is 3.65. The first-order valence-corrected chi connectivity index (χ1v) is 6.33. The molecule has 0 radical (unpaired) electrons. The fraction of sp³-hybridized carbons (Fsp3) is 0.111. The zero-order valence-electron chi connectivity index (χ0n) is 6.61.